The molecule has 1 saturated heterocycles. The maximum absolute atomic E-state index is 13.7. The molecule has 1 N–H and O–H groups in total. The Bertz CT molecular complexity index is 481. The molecule has 98 valence electrons. The van der Waals surface area contributed by atoms with Crippen LogP contribution in [0.15, 0.2) is 12.1 Å². The van der Waals surface area contributed by atoms with Crippen molar-refractivity contribution in [3.8, 4) is 0 Å². The Morgan fingerprint density at radius 2 is 2.22 bits per heavy atom. The normalized spacial score (nSPS) is 19.3. The highest BCUT2D eigenvalue weighted by Crippen LogP contribution is 2.25. The number of aliphatic hydroxyl groups excluding tert-OH is 1. The van der Waals surface area contributed by atoms with Crippen molar-refractivity contribution in [1.82, 2.24) is 4.90 Å². The quantitative estimate of drug-likeness (QED) is 0.840. The van der Waals surface area contributed by atoms with Gasteiger partial charge in [0.2, 0.25) is 0 Å². The van der Waals surface area contributed by atoms with Crippen LogP contribution in [0.4, 0.5) is 8.78 Å². The van der Waals surface area contributed by atoms with Gasteiger partial charge in [-0.1, -0.05) is 11.6 Å². The van der Waals surface area contributed by atoms with E-state index in [1.54, 1.807) is 0 Å². The Labute approximate surface area is 108 Å². The predicted molar refractivity (Wildman–Crippen MR) is 62.5 cm³/mol. The first-order valence-corrected chi connectivity index (χ1v) is 5.96. The number of halogens is 3. The molecule has 0 aromatic heterocycles. The summed E-state index contributed by atoms with van der Waals surface area (Å²) in [4.78, 5) is 13.5. The summed E-state index contributed by atoms with van der Waals surface area (Å²) in [5, 5.41) is 8.32. The highest BCUT2D eigenvalue weighted by atomic mass is 35.5. The van der Waals surface area contributed by atoms with Gasteiger partial charge >= 0.3 is 0 Å². The molecule has 1 aromatic rings. The van der Waals surface area contributed by atoms with Gasteiger partial charge in [0.15, 0.2) is 5.82 Å². The summed E-state index contributed by atoms with van der Waals surface area (Å²) >= 11 is 5.43. The van der Waals surface area contributed by atoms with Crippen molar-refractivity contribution in [3.63, 3.8) is 0 Å². The van der Waals surface area contributed by atoms with Crippen LogP contribution in [0.25, 0.3) is 0 Å². The van der Waals surface area contributed by atoms with E-state index in [1.165, 1.54) is 4.90 Å². The van der Waals surface area contributed by atoms with Crippen LogP contribution in [0.1, 0.15) is 16.8 Å². The van der Waals surface area contributed by atoms with Gasteiger partial charge < -0.3 is 10.0 Å². The van der Waals surface area contributed by atoms with Crippen LogP contribution >= 0.6 is 11.6 Å². The van der Waals surface area contributed by atoms with Crippen LogP contribution in [0, 0.1) is 17.6 Å². The summed E-state index contributed by atoms with van der Waals surface area (Å²) in [5.74, 6) is -2.42. The number of hydrogen-bond acceptors (Lipinski definition) is 2. The van der Waals surface area contributed by atoms with Gasteiger partial charge in [-0.25, -0.2) is 8.78 Å². The van der Waals surface area contributed by atoms with Crippen LogP contribution in [-0.4, -0.2) is 35.6 Å². The molecule has 0 aliphatic carbocycles. The molecule has 2 rings (SSSR count). The molecular formula is C12H12ClF2NO2. The van der Waals surface area contributed by atoms with E-state index in [2.05, 4.69) is 0 Å². The molecular weight excluding hydrogens is 264 g/mol. The highest BCUT2D eigenvalue weighted by molar-refractivity contribution is 6.31. The average molecular weight is 276 g/mol. The van der Waals surface area contributed by atoms with Crippen LogP contribution in [0.2, 0.25) is 5.02 Å². The summed E-state index contributed by atoms with van der Waals surface area (Å²) in [6.07, 6.45) is 0.679. The van der Waals surface area contributed by atoms with Crippen molar-refractivity contribution >= 4 is 17.5 Å². The van der Waals surface area contributed by atoms with Crippen molar-refractivity contribution in [1.29, 1.82) is 0 Å². The molecule has 1 aromatic carbocycles. The van der Waals surface area contributed by atoms with Crippen LogP contribution in [-0.2, 0) is 0 Å². The number of rotatable bonds is 2. The van der Waals surface area contributed by atoms with E-state index in [-0.39, 0.29) is 18.1 Å². The van der Waals surface area contributed by atoms with Gasteiger partial charge in [0.1, 0.15) is 10.8 Å². The van der Waals surface area contributed by atoms with Gasteiger partial charge in [0, 0.05) is 25.6 Å². The molecule has 0 unspecified atom stereocenters. The first kappa shape index (κ1) is 13.2. The Morgan fingerprint density at radius 1 is 1.50 bits per heavy atom. The molecule has 1 amide bonds. The van der Waals surface area contributed by atoms with E-state index in [9.17, 15) is 13.6 Å². The van der Waals surface area contributed by atoms with E-state index in [0.717, 1.165) is 12.1 Å². The second-order valence-corrected chi connectivity index (χ2v) is 4.69. The minimum absolute atomic E-state index is 0.00354. The molecule has 3 nitrogen and oxygen atoms in total. The fourth-order valence-electron chi connectivity index (χ4n) is 2.03. The Morgan fingerprint density at radius 3 is 2.83 bits per heavy atom. The van der Waals surface area contributed by atoms with Crippen LogP contribution < -0.4 is 0 Å². The van der Waals surface area contributed by atoms with E-state index < -0.39 is 22.6 Å². The first-order valence-electron chi connectivity index (χ1n) is 5.58. The van der Waals surface area contributed by atoms with Crippen molar-refractivity contribution in [2.75, 3.05) is 19.7 Å². The molecule has 18 heavy (non-hydrogen) atoms. The van der Waals surface area contributed by atoms with Crippen molar-refractivity contribution in [2.24, 2.45) is 5.92 Å². The monoisotopic (exact) mass is 275 g/mol. The SMILES string of the molecule is O=C(c1ccc(F)c(Cl)c1F)N1CC[C@@H](CO)C1. The van der Waals surface area contributed by atoms with E-state index in [1.807, 2.05) is 0 Å². The maximum atomic E-state index is 13.7. The van der Waals surface area contributed by atoms with Gasteiger partial charge in [-0.3, -0.25) is 4.79 Å². The Kier molecular flexibility index (Phi) is 3.82. The van der Waals surface area contributed by atoms with Crippen molar-refractivity contribution in [3.05, 3.63) is 34.4 Å². The van der Waals surface area contributed by atoms with Gasteiger partial charge in [0.05, 0.1) is 5.56 Å². The number of carbonyl (C=O) groups excluding carboxylic acids is 1. The predicted octanol–water partition coefficient (Wildman–Crippen LogP) is 2.07. The summed E-state index contributed by atoms with van der Waals surface area (Å²) in [7, 11) is 0. The lowest BCUT2D eigenvalue weighted by atomic mass is 10.1. The number of carbonyl (C=O) groups is 1. The molecule has 1 aliphatic rings. The topological polar surface area (TPSA) is 40.5 Å². The molecule has 1 atom stereocenters. The Balaban J connectivity index is 2.22. The number of likely N-dealkylation sites (tertiary alicyclic amines) is 1. The lowest BCUT2D eigenvalue weighted by Crippen LogP contribution is -2.30. The average Bonchev–Trinajstić information content (AvgIpc) is 2.84. The third-order valence-corrected chi connectivity index (χ3v) is 3.44. The van der Waals surface area contributed by atoms with Gasteiger partial charge in [-0.15, -0.1) is 0 Å². The van der Waals surface area contributed by atoms with Crippen LogP contribution in [0.5, 0.6) is 0 Å². The molecule has 0 radical (unpaired) electrons. The van der Waals surface area contributed by atoms with Gasteiger partial charge in [-0.05, 0) is 18.6 Å². The zero-order valence-electron chi connectivity index (χ0n) is 9.50. The minimum atomic E-state index is -1.03. The summed E-state index contributed by atoms with van der Waals surface area (Å²) < 4.78 is 26.7. The first-order chi connectivity index (χ1) is 8.54. The van der Waals surface area contributed by atoms with Gasteiger partial charge in [-0.2, -0.15) is 0 Å². The van der Waals surface area contributed by atoms with Crippen molar-refractivity contribution in [2.45, 2.75) is 6.42 Å². The molecule has 0 saturated carbocycles. The lowest BCUT2D eigenvalue weighted by molar-refractivity contribution is 0.0777. The third kappa shape index (κ3) is 2.33. The van der Waals surface area contributed by atoms with Crippen molar-refractivity contribution < 1.29 is 18.7 Å². The fraction of sp³-hybridized carbons (Fsp3) is 0.417. The molecule has 1 fully saturated rings. The second-order valence-electron chi connectivity index (χ2n) is 4.31. The number of hydrogen-bond donors (Lipinski definition) is 1. The number of amides is 1. The summed E-state index contributed by atoms with van der Waals surface area (Å²) in [5.41, 5.74) is -0.236. The number of aliphatic hydroxyl groups is 1. The van der Waals surface area contributed by atoms with E-state index in [4.69, 9.17) is 16.7 Å². The molecule has 1 heterocycles. The summed E-state index contributed by atoms with van der Waals surface area (Å²) in [6, 6.07) is 2.06. The zero-order valence-corrected chi connectivity index (χ0v) is 10.3. The Hall–Kier alpha value is -1.20. The standard InChI is InChI=1S/C12H12ClF2NO2/c13-10-9(14)2-1-8(11(10)15)12(18)16-4-3-7(5-16)6-17/h1-2,7,17H,3-6H2/t7-/m1/s1. The largest absolute Gasteiger partial charge is 0.396 e. The number of benzene rings is 1. The van der Waals surface area contributed by atoms with E-state index >= 15 is 0 Å². The highest BCUT2D eigenvalue weighted by Gasteiger charge is 2.28. The third-order valence-electron chi connectivity index (χ3n) is 3.10. The zero-order chi connectivity index (χ0) is 13.3. The van der Waals surface area contributed by atoms with Crippen LogP contribution in [0.3, 0.4) is 0 Å². The maximum Gasteiger partial charge on any atom is 0.256 e. The second kappa shape index (κ2) is 5.20. The van der Waals surface area contributed by atoms with E-state index in [0.29, 0.717) is 19.5 Å². The minimum Gasteiger partial charge on any atom is -0.396 e. The number of nitrogens with zero attached hydrogens (tertiary/aromatic N) is 1. The molecule has 0 spiro atoms. The fourth-order valence-corrected chi connectivity index (χ4v) is 2.19. The molecule has 6 heteroatoms. The van der Waals surface area contributed by atoms with Gasteiger partial charge in [0.25, 0.3) is 5.91 Å². The smallest absolute Gasteiger partial charge is 0.256 e. The lowest BCUT2D eigenvalue weighted by Gasteiger charge is -2.16. The molecule has 1 aliphatic heterocycles. The molecule has 0 bridgehead atoms. The summed E-state index contributed by atoms with van der Waals surface area (Å²) in [6.45, 7) is 0.832.